The fraction of sp³-hybridized carbons (Fsp3) is 0.217. The summed E-state index contributed by atoms with van der Waals surface area (Å²) in [6, 6.07) is 15.1. The number of allylic oxidation sites excluding steroid dienone is 2. The average Bonchev–Trinajstić information content (AvgIpc) is 2.65. The number of hydrogen-bond acceptors (Lipinski definition) is 4. The van der Waals surface area contributed by atoms with Crippen LogP contribution in [0.4, 0.5) is 0 Å². The Morgan fingerprint density at radius 2 is 1.07 bits per heavy atom. The molecule has 0 saturated carbocycles. The number of rotatable bonds is 8. The third kappa shape index (κ3) is 7.32. The summed E-state index contributed by atoms with van der Waals surface area (Å²) in [5.41, 5.74) is 2.38. The molecule has 2 aromatic rings. The number of esters is 2. The Bertz CT molecular complexity index is 730. The summed E-state index contributed by atoms with van der Waals surface area (Å²) in [7, 11) is 0. The standard InChI is InChI=1S/C23H24O4/c1-3-6-22(24)26-20-14-10-18(11-15-20)8-5-9-19-12-16-21(17-13-19)27-23(25)7-4-2/h3-4,6-7,10-17H,5,8-9H2,1-2H3. The lowest BCUT2D eigenvalue weighted by atomic mass is 10.0. The van der Waals surface area contributed by atoms with Crippen LogP contribution in [0.15, 0.2) is 72.8 Å². The van der Waals surface area contributed by atoms with E-state index in [0.717, 1.165) is 19.3 Å². The molecule has 0 aromatic heterocycles. The fourth-order valence-electron chi connectivity index (χ4n) is 2.52. The molecule has 0 atom stereocenters. The van der Waals surface area contributed by atoms with Crippen LogP contribution < -0.4 is 9.47 Å². The van der Waals surface area contributed by atoms with Crippen LogP contribution in [0, 0.1) is 0 Å². The van der Waals surface area contributed by atoms with Gasteiger partial charge in [0.15, 0.2) is 0 Å². The van der Waals surface area contributed by atoms with Crippen molar-refractivity contribution in [2.24, 2.45) is 0 Å². The van der Waals surface area contributed by atoms with E-state index in [-0.39, 0.29) is 11.9 Å². The van der Waals surface area contributed by atoms with Gasteiger partial charge in [0.25, 0.3) is 0 Å². The lowest BCUT2D eigenvalue weighted by Gasteiger charge is -2.06. The van der Waals surface area contributed by atoms with Crippen molar-refractivity contribution in [2.75, 3.05) is 0 Å². The summed E-state index contributed by atoms with van der Waals surface area (Å²) in [6.07, 6.45) is 8.93. The molecule has 0 saturated heterocycles. The van der Waals surface area contributed by atoms with Crippen molar-refractivity contribution in [3.63, 3.8) is 0 Å². The maximum atomic E-state index is 11.4. The molecule has 0 heterocycles. The van der Waals surface area contributed by atoms with Gasteiger partial charge in [0.2, 0.25) is 0 Å². The molecule has 4 nitrogen and oxygen atoms in total. The van der Waals surface area contributed by atoms with Gasteiger partial charge in [-0.1, -0.05) is 36.4 Å². The Labute approximate surface area is 160 Å². The molecule has 0 aliphatic heterocycles. The molecule has 0 aliphatic rings. The number of carbonyl (C=O) groups is 2. The van der Waals surface area contributed by atoms with Gasteiger partial charge < -0.3 is 9.47 Å². The van der Waals surface area contributed by atoms with Crippen LogP contribution in [0.5, 0.6) is 11.5 Å². The summed E-state index contributed by atoms with van der Waals surface area (Å²) in [5.74, 6) is 0.352. The quantitative estimate of drug-likeness (QED) is 0.383. The Kier molecular flexibility index (Phi) is 8.04. The second-order valence-electron chi connectivity index (χ2n) is 5.98. The van der Waals surface area contributed by atoms with Gasteiger partial charge in [-0.2, -0.15) is 0 Å². The van der Waals surface area contributed by atoms with E-state index in [4.69, 9.17) is 9.47 Å². The number of ether oxygens (including phenoxy) is 2. The third-order valence-electron chi connectivity index (χ3n) is 3.82. The first kappa shape index (κ1) is 20.2. The molecule has 2 aromatic carbocycles. The normalized spacial score (nSPS) is 11.0. The molecular formula is C23H24O4. The van der Waals surface area contributed by atoms with E-state index in [1.54, 1.807) is 26.0 Å². The van der Waals surface area contributed by atoms with Gasteiger partial charge in [-0.05, 0) is 68.5 Å². The average molecular weight is 364 g/mol. The highest BCUT2D eigenvalue weighted by Crippen LogP contribution is 2.17. The Morgan fingerprint density at radius 1 is 0.704 bits per heavy atom. The van der Waals surface area contributed by atoms with Crippen molar-refractivity contribution in [1.29, 1.82) is 0 Å². The maximum Gasteiger partial charge on any atom is 0.335 e. The zero-order valence-corrected chi connectivity index (χ0v) is 15.7. The van der Waals surface area contributed by atoms with E-state index in [1.807, 2.05) is 48.5 Å². The minimum Gasteiger partial charge on any atom is -0.423 e. The van der Waals surface area contributed by atoms with Crippen LogP contribution in [0.2, 0.25) is 0 Å². The van der Waals surface area contributed by atoms with Crippen LogP contribution in [-0.4, -0.2) is 11.9 Å². The zero-order chi connectivity index (χ0) is 19.5. The molecule has 0 N–H and O–H groups in total. The van der Waals surface area contributed by atoms with Gasteiger partial charge in [0, 0.05) is 12.2 Å². The summed E-state index contributed by atoms with van der Waals surface area (Å²) in [5, 5.41) is 0. The summed E-state index contributed by atoms with van der Waals surface area (Å²) < 4.78 is 10.3. The summed E-state index contributed by atoms with van der Waals surface area (Å²) in [4.78, 5) is 22.8. The largest absolute Gasteiger partial charge is 0.423 e. The Balaban J connectivity index is 1.78. The summed E-state index contributed by atoms with van der Waals surface area (Å²) in [6.45, 7) is 3.54. The van der Waals surface area contributed by atoms with Crippen LogP contribution in [0.3, 0.4) is 0 Å². The van der Waals surface area contributed by atoms with Crippen LogP contribution >= 0.6 is 0 Å². The highest BCUT2D eigenvalue weighted by Gasteiger charge is 2.02. The first-order valence-corrected chi connectivity index (χ1v) is 8.97. The van der Waals surface area contributed by atoms with E-state index in [9.17, 15) is 9.59 Å². The fourth-order valence-corrected chi connectivity index (χ4v) is 2.52. The van der Waals surface area contributed by atoms with Crippen molar-refractivity contribution < 1.29 is 19.1 Å². The molecule has 4 heteroatoms. The molecule has 0 spiro atoms. The van der Waals surface area contributed by atoms with E-state index in [0.29, 0.717) is 11.5 Å². The van der Waals surface area contributed by atoms with Gasteiger partial charge in [0.1, 0.15) is 11.5 Å². The van der Waals surface area contributed by atoms with Gasteiger partial charge in [-0.3, -0.25) is 0 Å². The molecule has 0 bridgehead atoms. The minimum atomic E-state index is -0.370. The van der Waals surface area contributed by atoms with Crippen LogP contribution in [0.1, 0.15) is 31.4 Å². The molecule has 0 amide bonds. The number of hydrogen-bond donors (Lipinski definition) is 0. The molecule has 0 radical (unpaired) electrons. The smallest absolute Gasteiger partial charge is 0.335 e. The molecule has 27 heavy (non-hydrogen) atoms. The molecule has 140 valence electrons. The SMILES string of the molecule is CC=CC(=O)Oc1ccc(CCCc2ccc(OC(=O)C=CC)cc2)cc1. The van der Waals surface area contributed by atoms with Gasteiger partial charge in [-0.25, -0.2) is 9.59 Å². The van der Waals surface area contributed by atoms with Crippen molar-refractivity contribution in [3.8, 4) is 11.5 Å². The second-order valence-corrected chi connectivity index (χ2v) is 5.98. The molecule has 2 rings (SSSR count). The lowest BCUT2D eigenvalue weighted by molar-refractivity contribution is -0.129. The van der Waals surface area contributed by atoms with Crippen LogP contribution in [0.25, 0.3) is 0 Å². The van der Waals surface area contributed by atoms with Crippen LogP contribution in [-0.2, 0) is 22.4 Å². The highest BCUT2D eigenvalue weighted by atomic mass is 16.5. The summed E-state index contributed by atoms with van der Waals surface area (Å²) >= 11 is 0. The van der Waals surface area contributed by atoms with E-state index in [2.05, 4.69) is 0 Å². The first-order chi connectivity index (χ1) is 13.1. The van der Waals surface area contributed by atoms with Crippen molar-refractivity contribution in [1.82, 2.24) is 0 Å². The van der Waals surface area contributed by atoms with E-state index < -0.39 is 0 Å². The Hall–Kier alpha value is -3.14. The van der Waals surface area contributed by atoms with Crippen molar-refractivity contribution in [2.45, 2.75) is 33.1 Å². The van der Waals surface area contributed by atoms with Gasteiger partial charge in [-0.15, -0.1) is 0 Å². The monoisotopic (exact) mass is 364 g/mol. The van der Waals surface area contributed by atoms with Crippen molar-refractivity contribution >= 4 is 11.9 Å². The maximum absolute atomic E-state index is 11.4. The van der Waals surface area contributed by atoms with Crippen molar-refractivity contribution in [3.05, 3.63) is 84.0 Å². The number of benzene rings is 2. The predicted octanol–water partition coefficient (Wildman–Crippen LogP) is 4.82. The second kappa shape index (κ2) is 10.8. The highest BCUT2D eigenvalue weighted by molar-refractivity contribution is 5.84. The Morgan fingerprint density at radius 3 is 1.41 bits per heavy atom. The topological polar surface area (TPSA) is 52.6 Å². The number of aryl methyl sites for hydroxylation is 2. The third-order valence-corrected chi connectivity index (χ3v) is 3.82. The van der Waals surface area contributed by atoms with E-state index in [1.165, 1.54) is 23.3 Å². The molecule has 0 fully saturated rings. The van der Waals surface area contributed by atoms with Gasteiger partial charge in [0.05, 0.1) is 0 Å². The molecule has 0 aliphatic carbocycles. The molecule has 0 unspecified atom stereocenters. The zero-order valence-electron chi connectivity index (χ0n) is 15.7. The van der Waals surface area contributed by atoms with Gasteiger partial charge >= 0.3 is 11.9 Å². The first-order valence-electron chi connectivity index (χ1n) is 8.97. The molecular weight excluding hydrogens is 340 g/mol. The predicted molar refractivity (Wildman–Crippen MR) is 106 cm³/mol. The number of carbonyl (C=O) groups excluding carboxylic acids is 2. The minimum absolute atomic E-state index is 0.370. The van der Waals surface area contributed by atoms with E-state index >= 15 is 0 Å². The lowest BCUT2D eigenvalue weighted by Crippen LogP contribution is -2.03.